The zero-order valence-corrected chi connectivity index (χ0v) is 44.2. The summed E-state index contributed by atoms with van der Waals surface area (Å²) < 4.78 is 16.9. The van der Waals surface area contributed by atoms with Gasteiger partial charge in [0.15, 0.2) is 6.10 Å². The summed E-state index contributed by atoms with van der Waals surface area (Å²) in [6.45, 7) is 6.64. The Bertz CT molecular complexity index is 1110. The number of carbonyl (C=O) groups excluding carboxylic acids is 3. The predicted octanol–water partition coefficient (Wildman–Crippen LogP) is 19.3. The lowest BCUT2D eigenvalue weighted by Gasteiger charge is -2.18. The monoisotopic (exact) mass is 927 g/mol. The van der Waals surface area contributed by atoms with Crippen molar-refractivity contribution in [2.45, 2.75) is 316 Å². The molecule has 0 fully saturated rings. The van der Waals surface area contributed by atoms with Gasteiger partial charge in [-0.2, -0.15) is 0 Å². The Morgan fingerprint density at radius 3 is 0.879 bits per heavy atom. The second-order valence-electron chi connectivity index (χ2n) is 19.6. The van der Waals surface area contributed by atoms with Gasteiger partial charge in [-0.25, -0.2) is 0 Å². The molecule has 0 spiro atoms. The Hall–Kier alpha value is -2.37. The zero-order chi connectivity index (χ0) is 47.9. The molecule has 0 aliphatic heterocycles. The van der Waals surface area contributed by atoms with Crippen LogP contribution >= 0.6 is 0 Å². The highest BCUT2D eigenvalue weighted by molar-refractivity contribution is 5.71. The third-order valence-corrected chi connectivity index (χ3v) is 12.9. The van der Waals surface area contributed by atoms with Crippen molar-refractivity contribution in [3.05, 3.63) is 36.5 Å². The van der Waals surface area contributed by atoms with E-state index in [0.717, 1.165) is 83.5 Å². The maximum Gasteiger partial charge on any atom is 0.306 e. The van der Waals surface area contributed by atoms with Gasteiger partial charge in [0.05, 0.1) is 0 Å². The van der Waals surface area contributed by atoms with Crippen LogP contribution in [0.3, 0.4) is 0 Å². The van der Waals surface area contributed by atoms with E-state index in [-0.39, 0.29) is 31.1 Å². The van der Waals surface area contributed by atoms with Crippen molar-refractivity contribution in [3.8, 4) is 0 Å². The molecule has 0 bridgehead atoms. The van der Waals surface area contributed by atoms with Crippen molar-refractivity contribution in [3.63, 3.8) is 0 Å². The Balaban J connectivity index is 4.37. The van der Waals surface area contributed by atoms with E-state index in [1.54, 1.807) is 0 Å². The van der Waals surface area contributed by atoms with Crippen molar-refractivity contribution >= 4 is 17.9 Å². The van der Waals surface area contributed by atoms with Crippen molar-refractivity contribution < 1.29 is 28.6 Å². The van der Waals surface area contributed by atoms with E-state index in [0.29, 0.717) is 19.3 Å². The third-order valence-electron chi connectivity index (χ3n) is 12.9. The first kappa shape index (κ1) is 63.6. The maximum atomic E-state index is 12.9. The summed E-state index contributed by atoms with van der Waals surface area (Å²) >= 11 is 0. The lowest BCUT2D eigenvalue weighted by atomic mass is 10.0. The van der Waals surface area contributed by atoms with Crippen molar-refractivity contribution in [1.82, 2.24) is 0 Å². The molecule has 0 aliphatic rings. The first-order valence-electron chi connectivity index (χ1n) is 29.0. The quantitative estimate of drug-likeness (QED) is 0.0262. The maximum absolute atomic E-state index is 12.9. The SMILES string of the molecule is CCCCC/C=C\C/C=C\C/C=C\CCCCCCC(=O)OC[C@@H](COC(=O)CCCCCCCCCCCCCCCCC)OC(=O)CCCCCCCCCCCCCCCCCC. The summed E-state index contributed by atoms with van der Waals surface area (Å²) in [6.07, 6.45) is 65.6. The van der Waals surface area contributed by atoms with Crippen LogP contribution in [0.2, 0.25) is 0 Å². The van der Waals surface area contributed by atoms with Gasteiger partial charge in [-0.3, -0.25) is 14.4 Å². The summed E-state index contributed by atoms with van der Waals surface area (Å²) in [5.41, 5.74) is 0. The molecule has 0 amide bonds. The highest BCUT2D eigenvalue weighted by Gasteiger charge is 2.19. The van der Waals surface area contributed by atoms with Crippen LogP contribution < -0.4 is 0 Å². The first-order valence-corrected chi connectivity index (χ1v) is 29.0. The van der Waals surface area contributed by atoms with Gasteiger partial charge in [0.2, 0.25) is 0 Å². The molecule has 6 nitrogen and oxygen atoms in total. The van der Waals surface area contributed by atoms with E-state index in [2.05, 4.69) is 57.2 Å². The molecule has 0 radical (unpaired) electrons. The summed E-state index contributed by atoms with van der Waals surface area (Å²) in [4.78, 5) is 38.1. The Kier molecular flexibility index (Phi) is 53.2. The van der Waals surface area contributed by atoms with Gasteiger partial charge in [0.1, 0.15) is 13.2 Å². The van der Waals surface area contributed by atoms with Gasteiger partial charge in [-0.15, -0.1) is 0 Å². The number of unbranched alkanes of at least 4 members (excludes halogenated alkanes) is 36. The summed E-state index contributed by atoms with van der Waals surface area (Å²) in [5, 5.41) is 0. The molecule has 0 rings (SSSR count). The molecular weight excluding hydrogens is 817 g/mol. The van der Waals surface area contributed by atoms with E-state index in [1.165, 1.54) is 186 Å². The molecule has 6 heteroatoms. The van der Waals surface area contributed by atoms with Gasteiger partial charge < -0.3 is 14.2 Å². The van der Waals surface area contributed by atoms with Crippen molar-refractivity contribution in [2.75, 3.05) is 13.2 Å². The van der Waals surface area contributed by atoms with Crippen LogP contribution in [0.4, 0.5) is 0 Å². The smallest absolute Gasteiger partial charge is 0.306 e. The van der Waals surface area contributed by atoms with Crippen LogP contribution in [0.15, 0.2) is 36.5 Å². The fraction of sp³-hybridized carbons (Fsp3) is 0.850. The summed E-state index contributed by atoms with van der Waals surface area (Å²) in [6, 6.07) is 0. The molecule has 0 aromatic carbocycles. The van der Waals surface area contributed by atoms with E-state index in [4.69, 9.17) is 14.2 Å². The molecule has 66 heavy (non-hydrogen) atoms. The van der Waals surface area contributed by atoms with E-state index in [1.807, 2.05) is 0 Å². The standard InChI is InChI=1S/C60H110O6/c1-4-7-10-13-16-19-22-25-28-30-33-35-38-41-44-47-50-53-59(62)65-56-57(55-64-58(61)52-49-46-43-40-37-34-31-27-24-21-18-15-12-9-6-3)66-60(63)54-51-48-45-42-39-36-32-29-26-23-20-17-14-11-8-5-2/h16,19,25,28,33,35,57H,4-15,17-18,20-24,26-27,29-32,34,36-56H2,1-3H3/b19-16-,28-25-,35-33-/t57-/m1/s1. The molecule has 0 aromatic heterocycles. The predicted molar refractivity (Wildman–Crippen MR) is 284 cm³/mol. The largest absolute Gasteiger partial charge is 0.462 e. The van der Waals surface area contributed by atoms with Crippen LogP contribution in [0, 0.1) is 0 Å². The van der Waals surface area contributed by atoms with Gasteiger partial charge in [-0.1, -0.05) is 269 Å². The average Bonchev–Trinajstić information content (AvgIpc) is 3.31. The molecule has 0 saturated heterocycles. The highest BCUT2D eigenvalue weighted by atomic mass is 16.6. The molecule has 0 aromatic rings. The molecule has 0 aliphatic carbocycles. The minimum absolute atomic E-state index is 0.0744. The molecule has 1 atom stereocenters. The number of esters is 3. The number of carbonyl (C=O) groups is 3. The van der Waals surface area contributed by atoms with Crippen LogP contribution in [-0.4, -0.2) is 37.2 Å². The number of hydrogen-bond acceptors (Lipinski definition) is 6. The Labute approximate surface area is 410 Å². The minimum atomic E-state index is -0.777. The zero-order valence-electron chi connectivity index (χ0n) is 44.2. The minimum Gasteiger partial charge on any atom is -0.462 e. The van der Waals surface area contributed by atoms with E-state index < -0.39 is 6.10 Å². The molecule has 0 unspecified atom stereocenters. The van der Waals surface area contributed by atoms with Crippen LogP contribution in [-0.2, 0) is 28.6 Å². The molecular formula is C60H110O6. The van der Waals surface area contributed by atoms with Gasteiger partial charge in [-0.05, 0) is 57.8 Å². The fourth-order valence-corrected chi connectivity index (χ4v) is 8.51. The number of ether oxygens (including phenoxy) is 3. The number of allylic oxidation sites excluding steroid dienone is 6. The van der Waals surface area contributed by atoms with Crippen molar-refractivity contribution in [1.29, 1.82) is 0 Å². The fourth-order valence-electron chi connectivity index (χ4n) is 8.51. The molecule has 0 N–H and O–H groups in total. The van der Waals surface area contributed by atoms with Gasteiger partial charge in [0, 0.05) is 19.3 Å². The molecule has 0 heterocycles. The normalized spacial score (nSPS) is 12.2. The summed E-state index contributed by atoms with van der Waals surface area (Å²) in [7, 11) is 0. The van der Waals surface area contributed by atoms with E-state index >= 15 is 0 Å². The van der Waals surface area contributed by atoms with Crippen LogP contribution in [0.5, 0.6) is 0 Å². The topological polar surface area (TPSA) is 78.9 Å². The Morgan fingerprint density at radius 1 is 0.303 bits per heavy atom. The third kappa shape index (κ3) is 52.6. The second kappa shape index (κ2) is 55.2. The lowest BCUT2D eigenvalue weighted by molar-refractivity contribution is -0.167. The number of rotatable bonds is 53. The lowest BCUT2D eigenvalue weighted by Crippen LogP contribution is -2.30. The van der Waals surface area contributed by atoms with Gasteiger partial charge >= 0.3 is 17.9 Å². The second-order valence-corrected chi connectivity index (χ2v) is 19.6. The van der Waals surface area contributed by atoms with Crippen LogP contribution in [0.1, 0.15) is 310 Å². The van der Waals surface area contributed by atoms with Gasteiger partial charge in [0.25, 0.3) is 0 Å². The highest BCUT2D eigenvalue weighted by Crippen LogP contribution is 2.17. The average molecular weight is 928 g/mol. The van der Waals surface area contributed by atoms with Crippen LogP contribution in [0.25, 0.3) is 0 Å². The Morgan fingerprint density at radius 2 is 0.545 bits per heavy atom. The van der Waals surface area contributed by atoms with Crippen molar-refractivity contribution in [2.24, 2.45) is 0 Å². The molecule has 0 saturated carbocycles. The van der Waals surface area contributed by atoms with E-state index in [9.17, 15) is 14.4 Å². The first-order chi connectivity index (χ1) is 32.5. The molecule has 386 valence electrons. The summed E-state index contributed by atoms with van der Waals surface area (Å²) in [5.74, 6) is -0.877. The number of hydrogen-bond donors (Lipinski definition) is 0.